The SMILES string of the molecule is CC(C)(CCNC(=O)c1ccc(Br)cc1Cl)C(=O)O. The topological polar surface area (TPSA) is 66.4 Å². The van der Waals surface area contributed by atoms with Crippen LogP contribution in [0.15, 0.2) is 22.7 Å². The van der Waals surface area contributed by atoms with Crippen LogP contribution in [0.1, 0.15) is 30.6 Å². The second kappa shape index (κ2) is 6.39. The van der Waals surface area contributed by atoms with Gasteiger partial charge in [0, 0.05) is 11.0 Å². The van der Waals surface area contributed by atoms with Crippen LogP contribution in [0.25, 0.3) is 0 Å². The van der Waals surface area contributed by atoms with Gasteiger partial charge < -0.3 is 10.4 Å². The van der Waals surface area contributed by atoms with Gasteiger partial charge in [0.2, 0.25) is 0 Å². The maximum absolute atomic E-state index is 11.9. The van der Waals surface area contributed by atoms with Crippen molar-refractivity contribution in [1.29, 1.82) is 0 Å². The molecule has 0 fully saturated rings. The number of carbonyl (C=O) groups excluding carboxylic acids is 1. The zero-order valence-electron chi connectivity index (χ0n) is 10.7. The monoisotopic (exact) mass is 347 g/mol. The summed E-state index contributed by atoms with van der Waals surface area (Å²) >= 11 is 9.22. The Kier molecular flexibility index (Phi) is 5.38. The molecule has 1 aromatic rings. The van der Waals surface area contributed by atoms with Gasteiger partial charge in [-0.1, -0.05) is 27.5 Å². The van der Waals surface area contributed by atoms with Crippen molar-refractivity contribution >= 4 is 39.4 Å². The average molecular weight is 349 g/mol. The van der Waals surface area contributed by atoms with Crippen molar-refractivity contribution in [1.82, 2.24) is 5.32 Å². The number of aliphatic carboxylic acids is 1. The van der Waals surface area contributed by atoms with Crippen molar-refractivity contribution in [3.05, 3.63) is 33.3 Å². The average Bonchev–Trinajstić information content (AvgIpc) is 2.28. The van der Waals surface area contributed by atoms with E-state index in [0.717, 1.165) is 4.47 Å². The molecule has 0 radical (unpaired) electrons. The number of nitrogens with one attached hydrogen (secondary N) is 1. The van der Waals surface area contributed by atoms with Gasteiger partial charge in [-0.05, 0) is 38.5 Å². The molecule has 1 rings (SSSR count). The third-order valence-corrected chi connectivity index (χ3v) is 3.60. The van der Waals surface area contributed by atoms with Crippen LogP contribution < -0.4 is 5.32 Å². The van der Waals surface area contributed by atoms with Gasteiger partial charge in [-0.2, -0.15) is 0 Å². The number of rotatable bonds is 5. The predicted octanol–water partition coefficient (Wildman–Crippen LogP) is 3.33. The Bertz CT molecular complexity index is 503. The molecule has 0 spiro atoms. The van der Waals surface area contributed by atoms with Crippen molar-refractivity contribution in [2.75, 3.05) is 6.54 Å². The van der Waals surface area contributed by atoms with E-state index < -0.39 is 11.4 Å². The van der Waals surface area contributed by atoms with Gasteiger partial charge in [0.15, 0.2) is 0 Å². The summed E-state index contributed by atoms with van der Waals surface area (Å²) in [6.07, 6.45) is 0.349. The lowest BCUT2D eigenvalue weighted by Gasteiger charge is -2.19. The molecule has 104 valence electrons. The lowest BCUT2D eigenvalue weighted by molar-refractivity contribution is -0.147. The Labute approximate surface area is 125 Å². The van der Waals surface area contributed by atoms with Crippen LogP contribution in [0.5, 0.6) is 0 Å². The van der Waals surface area contributed by atoms with E-state index in [9.17, 15) is 9.59 Å². The first kappa shape index (κ1) is 16.0. The van der Waals surface area contributed by atoms with Gasteiger partial charge in [-0.3, -0.25) is 9.59 Å². The molecule has 1 amide bonds. The summed E-state index contributed by atoms with van der Waals surface area (Å²) in [5.41, 5.74) is -0.491. The maximum atomic E-state index is 11.9. The normalized spacial score (nSPS) is 11.2. The first-order chi connectivity index (χ1) is 8.74. The summed E-state index contributed by atoms with van der Waals surface area (Å²) in [6.45, 7) is 3.52. The lowest BCUT2D eigenvalue weighted by Crippen LogP contribution is -2.32. The zero-order chi connectivity index (χ0) is 14.6. The molecule has 0 aromatic heterocycles. The van der Waals surface area contributed by atoms with Crippen LogP contribution in [0.3, 0.4) is 0 Å². The number of hydrogen-bond donors (Lipinski definition) is 2. The molecule has 19 heavy (non-hydrogen) atoms. The van der Waals surface area contributed by atoms with Crippen LogP contribution in [-0.2, 0) is 4.79 Å². The highest BCUT2D eigenvalue weighted by Gasteiger charge is 2.26. The van der Waals surface area contributed by atoms with Gasteiger partial charge in [0.25, 0.3) is 5.91 Å². The molecule has 0 saturated carbocycles. The number of carboxylic acid groups (broad SMARTS) is 1. The number of amides is 1. The number of benzene rings is 1. The fourth-order valence-electron chi connectivity index (χ4n) is 1.36. The van der Waals surface area contributed by atoms with Gasteiger partial charge in [-0.25, -0.2) is 0 Å². The molecule has 0 unspecified atom stereocenters. The molecule has 4 nitrogen and oxygen atoms in total. The van der Waals surface area contributed by atoms with E-state index in [1.807, 2.05) is 0 Å². The van der Waals surface area contributed by atoms with Gasteiger partial charge >= 0.3 is 5.97 Å². The molecule has 0 aliphatic heterocycles. The summed E-state index contributed by atoms with van der Waals surface area (Å²) < 4.78 is 0.793. The molecule has 0 aliphatic carbocycles. The van der Waals surface area contributed by atoms with E-state index >= 15 is 0 Å². The fraction of sp³-hybridized carbons (Fsp3) is 0.385. The maximum Gasteiger partial charge on any atom is 0.309 e. The van der Waals surface area contributed by atoms with E-state index in [0.29, 0.717) is 17.0 Å². The summed E-state index contributed by atoms with van der Waals surface area (Å²) in [7, 11) is 0. The van der Waals surface area contributed by atoms with Crippen LogP contribution in [0.4, 0.5) is 0 Å². The number of halogens is 2. The molecule has 0 heterocycles. The highest BCUT2D eigenvalue weighted by Crippen LogP contribution is 2.22. The Hall–Kier alpha value is -1.07. The van der Waals surface area contributed by atoms with Gasteiger partial charge in [0.05, 0.1) is 16.0 Å². The molecule has 0 bridgehead atoms. The molecule has 1 aromatic carbocycles. The molecule has 0 saturated heterocycles. The quantitative estimate of drug-likeness (QED) is 0.857. The van der Waals surface area contributed by atoms with Crippen LogP contribution in [-0.4, -0.2) is 23.5 Å². The second-order valence-corrected chi connectivity index (χ2v) is 6.14. The van der Waals surface area contributed by atoms with Crippen LogP contribution in [0.2, 0.25) is 5.02 Å². The molecule has 0 aliphatic rings. The smallest absolute Gasteiger partial charge is 0.309 e. The van der Waals surface area contributed by atoms with Crippen LogP contribution in [0, 0.1) is 5.41 Å². The van der Waals surface area contributed by atoms with E-state index in [2.05, 4.69) is 21.2 Å². The van der Waals surface area contributed by atoms with E-state index in [1.165, 1.54) is 0 Å². The van der Waals surface area contributed by atoms with E-state index in [1.54, 1.807) is 32.0 Å². The van der Waals surface area contributed by atoms with Crippen molar-refractivity contribution < 1.29 is 14.7 Å². The molecule has 2 N–H and O–H groups in total. The van der Waals surface area contributed by atoms with Gasteiger partial charge in [-0.15, -0.1) is 0 Å². The number of hydrogen-bond acceptors (Lipinski definition) is 2. The summed E-state index contributed by atoms with van der Waals surface area (Å²) in [5.74, 6) is -1.19. The molecular formula is C13H15BrClNO3. The second-order valence-electron chi connectivity index (χ2n) is 4.82. The van der Waals surface area contributed by atoms with Crippen molar-refractivity contribution in [2.24, 2.45) is 5.41 Å². The number of carboxylic acids is 1. The van der Waals surface area contributed by atoms with E-state index in [-0.39, 0.29) is 12.5 Å². The van der Waals surface area contributed by atoms with Crippen molar-refractivity contribution in [3.8, 4) is 0 Å². The van der Waals surface area contributed by atoms with Crippen molar-refractivity contribution in [2.45, 2.75) is 20.3 Å². The number of carbonyl (C=O) groups is 2. The minimum atomic E-state index is -0.886. The molecule has 0 atom stereocenters. The lowest BCUT2D eigenvalue weighted by atomic mass is 9.90. The summed E-state index contributed by atoms with van der Waals surface area (Å²) in [5, 5.41) is 12.0. The van der Waals surface area contributed by atoms with Crippen molar-refractivity contribution in [3.63, 3.8) is 0 Å². The summed E-state index contributed by atoms with van der Waals surface area (Å²) in [4.78, 5) is 22.8. The standard InChI is InChI=1S/C13H15BrClNO3/c1-13(2,12(18)19)5-6-16-11(17)9-4-3-8(14)7-10(9)15/h3-4,7H,5-6H2,1-2H3,(H,16,17)(H,18,19). The highest BCUT2D eigenvalue weighted by atomic mass is 79.9. The minimum Gasteiger partial charge on any atom is -0.481 e. The van der Waals surface area contributed by atoms with Crippen LogP contribution >= 0.6 is 27.5 Å². The zero-order valence-corrected chi connectivity index (χ0v) is 13.0. The largest absolute Gasteiger partial charge is 0.481 e. The fourth-order valence-corrected chi connectivity index (χ4v) is 2.12. The first-order valence-electron chi connectivity index (χ1n) is 5.70. The molecular weight excluding hydrogens is 334 g/mol. The minimum absolute atomic E-state index is 0.282. The highest BCUT2D eigenvalue weighted by molar-refractivity contribution is 9.10. The Morgan fingerprint density at radius 1 is 1.42 bits per heavy atom. The summed E-state index contributed by atoms with van der Waals surface area (Å²) in [6, 6.07) is 4.98. The Morgan fingerprint density at radius 3 is 2.58 bits per heavy atom. The van der Waals surface area contributed by atoms with Gasteiger partial charge in [0.1, 0.15) is 0 Å². The Balaban J connectivity index is 2.59. The predicted molar refractivity (Wildman–Crippen MR) is 77.5 cm³/mol. The third-order valence-electron chi connectivity index (χ3n) is 2.79. The Morgan fingerprint density at radius 2 is 2.05 bits per heavy atom. The molecule has 6 heteroatoms. The first-order valence-corrected chi connectivity index (χ1v) is 6.88. The third kappa shape index (κ3) is 4.51. The van der Waals surface area contributed by atoms with E-state index in [4.69, 9.17) is 16.7 Å².